The van der Waals surface area contributed by atoms with Crippen molar-refractivity contribution < 1.29 is 24.2 Å². The molecule has 1 fully saturated rings. The zero-order chi connectivity index (χ0) is 24.8. The van der Waals surface area contributed by atoms with Crippen LogP contribution in [0, 0.1) is 0 Å². The van der Waals surface area contributed by atoms with Gasteiger partial charge in [0.1, 0.15) is 0 Å². The van der Waals surface area contributed by atoms with Crippen LogP contribution in [0.5, 0.6) is 11.5 Å². The number of hydrogen-bond acceptors (Lipinski definition) is 6. The minimum absolute atomic E-state index is 0.107. The first kappa shape index (κ1) is 22.5. The quantitative estimate of drug-likeness (QED) is 0.562. The Labute approximate surface area is 209 Å². The molecule has 1 N–H and O–H groups in total. The molecule has 0 bridgehead atoms. The fourth-order valence-corrected chi connectivity index (χ4v) is 5.36. The molecule has 1 saturated carbocycles. The van der Waals surface area contributed by atoms with E-state index in [2.05, 4.69) is 4.98 Å². The summed E-state index contributed by atoms with van der Waals surface area (Å²) in [6.07, 6.45) is 6.56. The number of pyridine rings is 1. The number of aromatic nitrogens is 1. The van der Waals surface area contributed by atoms with Crippen molar-refractivity contribution in [2.75, 3.05) is 12.0 Å². The van der Waals surface area contributed by atoms with Gasteiger partial charge in [-0.05, 0) is 61.1 Å². The van der Waals surface area contributed by atoms with E-state index >= 15 is 0 Å². The summed E-state index contributed by atoms with van der Waals surface area (Å²) in [5, 5.41) is 10.6. The Balaban J connectivity index is 1.23. The van der Waals surface area contributed by atoms with Gasteiger partial charge in [0, 0.05) is 41.8 Å². The molecule has 0 saturated heterocycles. The molecule has 1 aliphatic carbocycles. The van der Waals surface area contributed by atoms with E-state index < -0.39 is 6.23 Å². The number of carbonyl (C=O) groups excluding carboxylic acids is 2. The normalized spacial score (nSPS) is 19.1. The molecule has 8 nitrogen and oxygen atoms in total. The number of carbonyl (C=O) groups is 2. The van der Waals surface area contributed by atoms with Crippen molar-refractivity contribution in [3.05, 3.63) is 82.7 Å². The Morgan fingerprint density at radius 2 is 1.83 bits per heavy atom. The van der Waals surface area contributed by atoms with Crippen LogP contribution in [0.4, 0.5) is 5.69 Å². The van der Waals surface area contributed by atoms with E-state index in [9.17, 15) is 14.7 Å². The molecular weight excluding hydrogens is 458 g/mol. The smallest absolute Gasteiger partial charge is 0.258 e. The lowest BCUT2D eigenvalue weighted by atomic mass is 10.1. The number of methoxy groups -OCH3 is 1. The molecule has 6 rings (SSSR count). The average molecular weight is 486 g/mol. The zero-order valence-electron chi connectivity index (χ0n) is 20.0. The number of anilines is 1. The highest BCUT2D eigenvalue weighted by Crippen LogP contribution is 2.38. The summed E-state index contributed by atoms with van der Waals surface area (Å²) in [4.78, 5) is 33.4. The number of ether oxygens (including phenoxy) is 2. The van der Waals surface area contributed by atoms with Gasteiger partial charge in [0.05, 0.1) is 25.3 Å². The van der Waals surface area contributed by atoms with Gasteiger partial charge in [0.25, 0.3) is 11.8 Å². The SMILES string of the molecule is COc1ccc(N2Cc3ccc(CN4C(=O)c5ccncc5C4O)cc3C2=O)cc1OC1CCCC1. The Morgan fingerprint density at radius 3 is 2.61 bits per heavy atom. The fourth-order valence-electron chi connectivity index (χ4n) is 5.36. The van der Waals surface area contributed by atoms with Crippen molar-refractivity contribution in [1.29, 1.82) is 0 Å². The average Bonchev–Trinajstić information content (AvgIpc) is 3.59. The molecule has 2 aromatic carbocycles. The molecule has 8 heteroatoms. The first-order valence-corrected chi connectivity index (χ1v) is 12.2. The van der Waals surface area contributed by atoms with Crippen molar-refractivity contribution >= 4 is 17.5 Å². The maximum Gasteiger partial charge on any atom is 0.258 e. The van der Waals surface area contributed by atoms with Crippen LogP contribution in [0.3, 0.4) is 0 Å². The van der Waals surface area contributed by atoms with E-state index in [1.807, 2.05) is 36.4 Å². The second-order valence-electron chi connectivity index (χ2n) is 9.51. The lowest BCUT2D eigenvalue weighted by Gasteiger charge is -2.21. The number of aliphatic hydroxyl groups excluding tert-OH is 1. The van der Waals surface area contributed by atoms with Gasteiger partial charge in [-0.3, -0.25) is 14.6 Å². The summed E-state index contributed by atoms with van der Waals surface area (Å²) in [6, 6.07) is 12.8. The van der Waals surface area contributed by atoms with Crippen molar-refractivity contribution in [3.63, 3.8) is 0 Å². The molecule has 3 aromatic rings. The van der Waals surface area contributed by atoms with Gasteiger partial charge in [-0.2, -0.15) is 0 Å². The Bertz CT molecular complexity index is 1350. The molecule has 1 unspecified atom stereocenters. The fraction of sp³-hybridized carbons (Fsp3) is 0.321. The Kier molecular flexibility index (Phi) is 5.60. The van der Waals surface area contributed by atoms with Crippen molar-refractivity contribution in [3.8, 4) is 11.5 Å². The molecule has 3 heterocycles. The number of amides is 2. The highest BCUT2D eigenvalue weighted by Gasteiger charge is 2.36. The number of aliphatic hydroxyl groups is 1. The third-order valence-corrected chi connectivity index (χ3v) is 7.30. The summed E-state index contributed by atoms with van der Waals surface area (Å²) in [6.45, 7) is 0.642. The summed E-state index contributed by atoms with van der Waals surface area (Å²) in [7, 11) is 1.62. The van der Waals surface area contributed by atoms with Gasteiger partial charge in [0.15, 0.2) is 17.7 Å². The second kappa shape index (κ2) is 8.95. The molecule has 2 amide bonds. The third-order valence-electron chi connectivity index (χ3n) is 7.30. The largest absolute Gasteiger partial charge is 0.493 e. The molecule has 1 atom stereocenters. The standard InChI is InChI=1S/C28H27N3O5/c1-35-24-9-8-19(13-25(24)36-20-4-2-3-5-20)30-16-18-7-6-17(12-22(18)27(30)33)15-31-26(32)21-10-11-29-14-23(21)28(31)34/h6-14,20,28,34H,2-5,15-16H2,1H3. The minimum Gasteiger partial charge on any atom is -0.493 e. The maximum atomic E-state index is 13.4. The number of rotatable bonds is 6. The van der Waals surface area contributed by atoms with Crippen LogP contribution in [0.2, 0.25) is 0 Å². The van der Waals surface area contributed by atoms with E-state index in [4.69, 9.17) is 9.47 Å². The van der Waals surface area contributed by atoms with E-state index in [0.29, 0.717) is 34.7 Å². The molecule has 0 radical (unpaired) electrons. The molecule has 184 valence electrons. The van der Waals surface area contributed by atoms with Gasteiger partial charge in [-0.1, -0.05) is 12.1 Å². The molecule has 1 aromatic heterocycles. The van der Waals surface area contributed by atoms with E-state index in [0.717, 1.165) is 42.5 Å². The topological polar surface area (TPSA) is 92.2 Å². The Hall–Kier alpha value is -3.91. The molecule has 2 aliphatic heterocycles. The molecular formula is C28H27N3O5. The van der Waals surface area contributed by atoms with Crippen LogP contribution in [0.15, 0.2) is 54.9 Å². The summed E-state index contributed by atoms with van der Waals surface area (Å²) in [5.74, 6) is 0.954. The van der Waals surface area contributed by atoms with E-state index in [-0.39, 0.29) is 24.5 Å². The predicted molar refractivity (Wildman–Crippen MR) is 132 cm³/mol. The molecule has 0 spiro atoms. The highest BCUT2D eigenvalue weighted by atomic mass is 16.5. The van der Waals surface area contributed by atoms with Crippen LogP contribution in [0.1, 0.15) is 69.3 Å². The monoisotopic (exact) mass is 485 g/mol. The lowest BCUT2D eigenvalue weighted by molar-refractivity contribution is 0.0136. The Morgan fingerprint density at radius 1 is 1.00 bits per heavy atom. The summed E-state index contributed by atoms with van der Waals surface area (Å²) < 4.78 is 11.7. The molecule has 36 heavy (non-hydrogen) atoms. The number of fused-ring (bicyclic) bond motifs is 2. The maximum absolute atomic E-state index is 13.4. The minimum atomic E-state index is -1.06. The zero-order valence-corrected chi connectivity index (χ0v) is 20.0. The van der Waals surface area contributed by atoms with Crippen molar-refractivity contribution in [2.45, 2.75) is 51.1 Å². The van der Waals surface area contributed by atoms with Gasteiger partial charge in [-0.25, -0.2) is 0 Å². The van der Waals surface area contributed by atoms with Crippen LogP contribution >= 0.6 is 0 Å². The van der Waals surface area contributed by atoms with Crippen LogP contribution in [0.25, 0.3) is 0 Å². The predicted octanol–water partition coefficient (Wildman–Crippen LogP) is 4.22. The highest BCUT2D eigenvalue weighted by molar-refractivity contribution is 6.10. The van der Waals surface area contributed by atoms with Crippen LogP contribution < -0.4 is 14.4 Å². The molecule has 3 aliphatic rings. The second-order valence-corrected chi connectivity index (χ2v) is 9.51. The van der Waals surface area contributed by atoms with Crippen LogP contribution in [-0.4, -0.2) is 40.0 Å². The summed E-state index contributed by atoms with van der Waals surface area (Å²) >= 11 is 0. The first-order valence-electron chi connectivity index (χ1n) is 12.2. The van der Waals surface area contributed by atoms with Crippen molar-refractivity contribution in [1.82, 2.24) is 9.88 Å². The summed E-state index contributed by atoms with van der Waals surface area (Å²) in [5.41, 5.74) is 3.99. The number of benzene rings is 2. The van der Waals surface area contributed by atoms with E-state index in [1.54, 1.807) is 24.3 Å². The van der Waals surface area contributed by atoms with Gasteiger partial charge in [-0.15, -0.1) is 0 Å². The number of hydrogen-bond donors (Lipinski definition) is 1. The van der Waals surface area contributed by atoms with E-state index in [1.165, 1.54) is 11.1 Å². The number of nitrogens with zero attached hydrogens (tertiary/aromatic N) is 3. The lowest BCUT2D eigenvalue weighted by Crippen LogP contribution is -2.27. The van der Waals surface area contributed by atoms with Crippen LogP contribution in [-0.2, 0) is 13.1 Å². The first-order chi connectivity index (χ1) is 17.5. The third kappa shape index (κ3) is 3.78. The van der Waals surface area contributed by atoms with Gasteiger partial charge in [0.2, 0.25) is 0 Å². The van der Waals surface area contributed by atoms with Gasteiger partial charge >= 0.3 is 0 Å². The van der Waals surface area contributed by atoms with Crippen molar-refractivity contribution in [2.24, 2.45) is 0 Å². The van der Waals surface area contributed by atoms with Gasteiger partial charge < -0.3 is 24.4 Å².